The summed E-state index contributed by atoms with van der Waals surface area (Å²) in [5.74, 6) is -1.49. The van der Waals surface area contributed by atoms with Crippen LogP contribution in [0.1, 0.15) is 22.6 Å². The lowest BCUT2D eigenvalue weighted by molar-refractivity contribution is -0.119. The number of hydrogen-bond donors (Lipinski definition) is 2. The number of hydrogen-bond acceptors (Lipinski definition) is 1. The Morgan fingerprint density at radius 2 is 1.68 bits per heavy atom. The lowest BCUT2D eigenvalue weighted by Gasteiger charge is -2.14. The molecule has 0 aliphatic heterocycles. The Bertz CT molecular complexity index is 674. The van der Waals surface area contributed by atoms with Gasteiger partial charge in [-0.25, -0.2) is 4.39 Å². The molecule has 114 valence electrons. The number of nitrogens with two attached hydrogens (primary N) is 2. The molecular weight excluding hydrogens is 281 g/mol. The van der Waals surface area contributed by atoms with Crippen LogP contribution in [0.2, 0.25) is 0 Å². The summed E-state index contributed by atoms with van der Waals surface area (Å²) in [5.41, 5.74) is 13.4. The molecule has 0 saturated heterocycles. The second-order valence-corrected chi connectivity index (χ2v) is 5.17. The van der Waals surface area contributed by atoms with Gasteiger partial charge in [0.15, 0.2) is 5.96 Å². The van der Waals surface area contributed by atoms with Crippen LogP contribution in [0.15, 0.2) is 53.5 Å². The van der Waals surface area contributed by atoms with Crippen molar-refractivity contribution in [2.45, 2.75) is 19.3 Å². The number of carbonyl (C=O) groups is 1. The second kappa shape index (κ2) is 6.85. The van der Waals surface area contributed by atoms with E-state index in [1.807, 2.05) is 31.2 Å². The molecule has 0 saturated carbocycles. The predicted molar refractivity (Wildman–Crippen MR) is 84.8 cm³/mol. The van der Waals surface area contributed by atoms with E-state index in [0.717, 1.165) is 16.7 Å². The maximum absolute atomic E-state index is 13.0. The fourth-order valence-corrected chi connectivity index (χ4v) is 2.21. The molecule has 5 heteroatoms. The molecule has 22 heavy (non-hydrogen) atoms. The molecule has 0 bridgehead atoms. The predicted octanol–water partition coefficient (Wildman–Crippen LogP) is 2.26. The van der Waals surface area contributed by atoms with Crippen molar-refractivity contribution >= 4 is 11.9 Å². The van der Waals surface area contributed by atoms with Crippen LogP contribution in [0.5, 0.6) is 0 Å². The van der Waals surface area contributed by atoms with E-state index < -0.39 is 11.8 Å². The zero-order valence-corrected chi connectivity index (χ0v) is 12.3. The smallest absolute Gasteiger partial charge is 0.256 e. The summed E-state index contributed by atoms with van der Waals surface area (Å²) in [5, 5.41) is 0. The van der Waals surface area contributed by atoms with Crippen molar-refractivity contribution in [1.29, 1.82) is 0 Å². The fourth-order valence-electron chi connectivity index (χ4n) is 2.21. The van der Waals surface area contributed by atoms with E-state index in [0.29, 0.717) is 6.42 Å². The number of guanidine groups is 1. The van der Waals surface area contributed by atoms with Gasteiger partial charge >= 0.3 is 0 Å². The summed E-state index contributed by atoms with van der Waals surface area (Å²) < 4.78 is 13.0. The van der Waals surface area contributed by atoms with Gasteiger partial charge in [-0.3, -0.25) is 4.79 Å². The summed E-state index contributed by atoms with van der Waals surface area (Å²) >= 11 is 0. The Labute approximate surface area is 128 Å². The zero-order valence-electron chi connectivity index (χ0n) is 12.3. The topological polar surface area (TPSA) is 81.5 Å². The number of halogens is 1. The van der Waals surface area contributed by atoms with Gasteiger partial charge in [-0.05, 0) is 36.6 Å². The van der Waals surface area contributed by atoms with Crippen LogP contribution < -0.4 is 11.5 Å². The van der Waals surface area contributed by atoms with E-state index in [9.17, 15) is 9.18 Å². The highest BCUT2D eigenvalue weighted by molar-refractivity contribution is 5.95. The number of amides is 1. The number of aryl methyl sites for hydroxylation is 1. The van der Waals surface area contributed by atoms with Gasteiger partial charge in [0.1, 0.15) is 5.82 Å². The molecule has 4 nitrogen and oxygen atoms in total. The molecular formula is C17H18FN3O. The quantitative estimate of drug-likeness (QED) is 0.671. The van der Waals surface area contributed by atoms with E-state index in [-0.39, 0.29) is 11.8 Å². The highest BCUT2D eigenvalue weighted by atomic mass is 19.1. The molecule has 1 amide bonds. The van der Waals surface area contributed by atoms with Crippen LogP contribution in [0, 0.1) is 12.7 Å². The van der Waals surface area contributed by atoms with Crippen molar-refractivity contribution in [3.63, 3.8) is 0 Å². The normalized spacial score (nSPS) is 11.7. The molecule has 1 atom stereocenters. The van der Waals surface area contributed by atoms with Crippen LogP contribution in [0.25, 0.3) is 0 Å². The van der Waals surface area contributed by atoms with E-state index in [2.05, 4.69) is 4.99 Å². The second-order valence-electron chi connectivity index (χ2n) is 5.17. The lowest BCUT2D eigenvalue weighted by atomic mass is 9.91. The molecule has 0 heterocycles. The van der Waals surface area contributed by atoms with Crippen LogP contribution in [-0.2, 0) is 11.2 Å². The third kappa shape index (κ3) is 4.15. The molecule has 4 N–H and O–H groups in total. The van der Waals surface area contributed by atoms with Crippen molar-refractivity contribution in [1.82, 2.24) is 0 Å². The third-order valence-electron chi connectivity index (χ3n) is 3.37. The Balaban J connectivity index is 2.32. The van der Waals surface area contributed by atoms with Crippen LogP contribution in [-0.4, -0.2) is 11.9 Å². The van der Waals surface area contributed by atoms with Crippen molar-refractivity contribution < 1.29 is 9.18 Å². The van der Waals surface area contributed by atoms with Gasteiger partial charge in [-0.2, -0.15) is 4.99 Å². The van der Waals surface area contributed by atoms with Gasteiger partial charge in [0.05, 0.1) is 5.92 Å². The van der Waals surface area contributed by atoms with Gasteiger partial charge in [-0.15, -0.1) is 0 Å². The van der Waals surface area contributed by atoms with E-state index in [4.69, 9.17) is 11.5 Å². The highest BCUT2D eigenvalue weighted by Gasteiger charge is 2.21. The molecule has 0 fully saturated rings. The summed E-state index contributed by atoms with van der Waals surface area (Å²) in [6.45, 7) is 1.97. The molecule has 2 rings (SSSR count). The summed E-state index contributed by atoms with van der Waals surface area (Å²) in [4.78, 5) is 15.9. The standard InChI is InChI=1S/C17H18FN3O/c1-11-2-6-13(7-3-11)15(16(22)21-17(19)20)10-12-4-8-14(18)9-5-12/h2-9,15H,10H2,1H3,(H4,19,20,21,22)/t15-/m1/s1. The monoisotopic (exact) mass is 299 g/mol. The minimum absolute atomic E-state index is 0.263. The Kier molecular flexibility index (Phi) is 4.88. The number of carbonyl (C=O) groups excluding carboxylic acids is 1. The molecule has 2 aromatic carbocycles. The first-order chi connectivity index (χ1) is 10.5. The number of rotatable bonds is 4. The van der Waals surface area contributed by atoms with E-state index in [1.165, 1.54) is 12.1 Å². The van der Waals surface area contributed by atoms with Crippen molar-refractivity contribution in [3.05, 3.63) is 71.0 Å². The number of nitrogens with zero attached hydrogens (tertiary/aromatic N) is 1. The lowest BCUT2D eigenvalue weighted by Crippen LogP contribution is -2.26. The molecule has 2 aromatic rings. The summed E-state index contributed by atoms with van der Waals surface area (Å²) in [6.07, 6.45) is 0.402. The molecule has 0 radical (unpaired) electrons. The minimum atomic E-state index is -0.506. The van der Waals surface area contributed by atoms with Gasteiger partial charge in [0, 0.05) is 0 Å². The highest BCUT2D eigenvalue weighted by Crippen LogP contribution is 2.23. The van der Waals surface area contributed by atoms with Crippen molar-refractivity contribution in [2.75, 3.05) is 0 Å². The van der Waals surface area contributed by atoms with Gasteiger partial charge in [-0.1, -0.05) is 42.0 Å². The maximum Gasteiger partial charge on any atom is 0.256 e. The first-order valence-corrected chi connectivity index (χ1v) is 6.90. The Morgan fingerprint density at radius 3 is 2.23 bits per heavy atom. The zero-order chi connectivity index (χ0) is 16.1. The maximum atomic E-state index is 13.0. The Hall–Kier alpha value is -2.69. The van der Waals surface area contributed by atoms with E-state index in [1.54, 1.807) is 12.1 Å². The summed E-state index contributed by atoms with van der Waals surface area (Å²) in [6, 6.07) is 13.6. The number of benzene rings is 2. The average Bonchev–Trinajstić information content (AvgIpc) is 2.47. The Morgan fingerprint density at radius 1 is 1.09 bits per heavy atom. The van der Waals surface area contributed by atoms with Gasteiger partial charge < -0.3 is 11.5 Å². The summed E-state index contributed by atoms with van der Waals surface area (Å²) in [7, 11) is 0. The fraction of sp³-hybridized carbons (Fsp3) is 0.176. The molecule has 0 spiro atoms. The van der Waals surface area contributed by atoms with Crippen LogP contribution in [0.3, 0.4) is 0 Å². The first-order valence-electron chi connectivity index (χ1n) is 6.90. The number of aliphatic imine (C=N–C) groups is 1. The first kappa shape index (κ1) is 15.7. The molecule has 0 aromatic heterocycles. The minimum Gasteiger partial charge on any atom is -0.370 e. The van der Waals surface area contributed by atoms with Crippen molar-refractivity contribution in [3.8, 4) is 0 Å². The SMILES string of the molecule is Cc1ccc([C@@H](Cc2ccc(F)cc2)C(=O)N=C(N)N)cc1. The van der Waals surface area contributed by atoms with Crippen LogP contribution >= 0.6 is 0 Å². The van der Waals surface area contributed by atoms with Gasteiger partial charge in [0.2, 0.25) is 0 Å². The van der Waals surface area contributed by atoms with Crippen LogP contribution in [0.4, 0.5) is 4.39 Å². The molecule has 0 aliphatic rings. The largest absolute Gasteiger partial charge is 0.370 e. The van der Waals surface area contributed by atoms with Crippen molar-refractivity contribution in [2.24, 2.45) is 16.5 Å². The van der Waals surface area contributed by atoms with Gasteiger partial charge in [0.25, 0.3) is 5.91 Å². The molecule has 0 aliphatic carbocycles. The third-order valence-corrected chi connectivity index (χ3v) is 3.37. The van der Waals surface area contributed by atoms with E-state index >= 15 is 0 Å². The average molecular weight is 299 g/mol. The molecule has 0 unspecified atom stereocenters.